The molecule has 0 rings (SSSR count). The van der Waals surface area contributed by atoms with Gasteiger partial charge in [0, 0.05) is 12.8 Å². The summed E-state index contributed by atoms with van der Waals surface area (Å²) < 4.78 is 10.5. The Hall–Kier alpha value is -2.66. The van der Waals surface area contributed by atoms with Gasteiger partial charge < -0.3 is 14.6 Å². The molecular weight excluding hydrogens is 572 g/mol. The number of ether oxygens (including phenoxy) is 2. The zero-order valence-electron chi connectivity index (χ0n) is 29.6. The van der Waals surface area contributed by atoms with Gasteiger partial charge in [0.2, 0.25) is 0 Å². The number of hydrogen-bond donors (Lipinski definition) is 1. The molecule has 0 spiro atoms. The third-order valence-corrected chi connectivity index (χ3v) is 7.47. The van der Waals surface area contributed by atoms with Gasteiger partial charge in [-0.25, -0.2) is 0 Å². The number of esters is 2. The summed E-state index contributed by atoms with van der Waals surface area (Å²) in [6.45, 7) is 4.00. The third kappa shape index (κ3) is 34.2. The number of allylic oxidation sites excluding steroid dienone is 12. The standard InChI is InChI=1S/C41H68O5/c1-3-5-7-9-11-13-15-17-19-20-22-24-26-28-30-32-34-36-41(44)46-39(37-42)38-45-40(43)35-33-31-29-27-25-23-21-18-16-14-12-10-8-6-4-2/h11-14,17-19,21-22,24,28,30,39,42H,3-10,15-16,20,23,25-27,29,31-38H2,1-2H3/t39-/m0/s1. The van der Waals surface area contributed by atoms with Crippen LogP contribution in [-0.2, 0) is 19.1 Å². The van der Waals surface area contributed by atoms with Crippen LogP contribution in [0.2, 0.25) is 0 Å². The van der Waals surface area contributed by atoms with Gasteiger partial charge in [-0.2, -0.15) is 0 Å². The van der Waals surface area contributed by atoms with Crippen molar-refractivity contribution in [3.8, 4) is 0 Å². The van der Waals surface area contributed by atoms with Crippen LogP contribution in [0.15, 0.2) is 72.9 Å². The first-order valence-corrected chi connectivity index (χ1v) is 18.5. The van der Waals surface area contributed by atoms with E-state index >= 15 is 0 Å². The lowest BCUT2D eigenvalue weighted by atomic mass is 10.1. The first-order valence-electron chi connectivity index (χ1n) is 18.5. The SMILES string of the molecule is CCCCCC=CCC=CCC=CCC=CCCCC(=O)O[C@@H](CO)COC(=O)CCCCCCCC=CCC=CCCCCC. The normalized spacial score (nSPS) is 13.0. The van der Waals surface area contributed by atoms with E-state index in [1.54, 1.807) is 0 Å². The van der Waals surface area contributed by atoms with E-state index in [9.17, 15) is 14.7 Å². The lowest BCUT2D eigenvalue weighted by molar-refractivity contribution is -0.161. The first kappa shape index (κ1) is 43.3. The maximum Gasteiger partial charge on any atom is 0.306 e. The van der Waals surface area contributed by atoms with Gasteiger partial charge in [0.25, 0.3) is 0 Å². The molecule has 0 unspecified atom stereocenters. The topological polar surface area (TPSA) is 72.8 Å². The molecule has 0 aromatic rings. The van der Waals surface area contributed by atoms with Gasteiger partial charge in [0.1, 0.15) is 6.61 Å². The summed E-state index contributed by atoms with van der Waals surface area (Å²) in [5.41, 5.74) is 0. The number of carbonyl (C=O) groups is 2. The number of rotatable bonds is 32. The minimum atomic E-state index is -0.808. The number of unbranched alkanes of at least 4 members (excludes halogenated alkanes) is 12. The van der Waals surface area contributed by atoms with Crippen molar-refractivity contribution in [1.29, 1.82) is 0 Å². The summed E-state index contributed by atoms with van der Waals surface area (Å²) >= 11 is 0. The molecule has 0 amide bonds. The predicted octanol–water partition coefficient (Wildman–Crippen LogP) is 11.4. The molecule has 5 heteroatoms. The Morgan fingerprint density at radius 3 is 1.37 bits per heavy atom. The van der Waals surface area contributed by atoms with Gasteiger partial charge >= 0.3 is 11.9 Å². The number of hydrogen-bond acceptors (Lipinski definition) is 5. The van der Waals surface area contributed by atoms with Crippen LogP contribution in [0.4, 0.5) is 0 Å². The van der Waals surface area contributed by atoms with Crippen molar-refractivity contribution in [2.75, 3.05) is 13.2 Å². The van der Waals surface area contributed by atoms with Crippen LogP contribution in [0.5, 0.6) is 0 Å². The van der Waals surface area contributed by atoms with Gasteiger partial charge in [0.15, 0.2) is 6.10 Å². The van der Waals surface area contributed by atoms with E-state index < -0.39 is 6.10 Å². The second kappa shape index (κ2) is 36.8. The zero-order chi connectivity index (χ0) is 33.6. The molecule has 0 saturated carbocycles. The molecule has 0 radical (unpaired) electrons. The fourth-order valence-electron chi connectivity index (χ4n) is 4.63. The van der Waals surface area contributed by atoms with Gasteiger partial charge in [-0.3, -0.25) is 9.59 Å². The molecule has 0 fully saturated rings. The number of aliphatic hydroxyl groups excluding tert-OH is 1. The summed E-state index contributed by atoms with van der Waals surface area (Å²) in [4.78, 5) is 24.2. The van der Waals surface area contributed by atoms with Crippen LogP contribution in [0.3, 0.4) is 0 Å². The summed E-state index contributed by atoms with van der Waals surface area (Å²) in [5.74, 6) is -0.680. The lowest BCUT2D eigenvalue weighted by Crippen LogP contribution is -2.28. The summed E-state index contributed by atoms with van der Waals surface area (Å²) in [5, 5.41) is 9.52. The minimum Gasteiger partial charge on any atom is -0.462 e. The van der Waals surface area contributed by atoms with E-state index in [-0.39, 0.29) is 31.6 Å². The highest BCUT2D eigenvalue weighted by molar-refractivity contribution is 5.70. The van der Waals surface area contributed by atoms with Crippen LogP contribution >= 0.6 is 0 Å². The fraction of sp³-hybridized carbons (Fsp3) is 0.659. The van der Waals surface area contributed by atoms with Crippen molar-refractivity contribution in [2.24, 2.45) is 0 Å². The van der Waals surface area contributed by atoms with E-state index in [1.165, 1.54) is 57.8 Å². The molecule has 0 bridgehead atoms. The average molecular weight is 641 g/mol. The highest BCUT2D eigenvalue weighted by Crippen LogP contribution is 2.10. The molecule has 46 heavy (non-hydrogen) atoms. The molecule has 0 aliphatic rings. The molecule has 5 nitrogen and oxygen atoms in total. The Morgan fingerprint density at radius 1 is 0.500 bits per heavy atom. The van der Waals surface area contributed by atoms with Crippen LogP contribution in [0.1, 0.15) is 155 Å². The highest BCUT2D eigenvalue weighted by Gasteiger charge is 2.15. The van der Waals surface area contributed by atoms with Crippen molar-refractivity contribution in [3.63, 3.8) is 0 Å². The molecule has 1 atom stereocenters. The van der Waals surface area contributed by atoms with Crippen molar-refractivity contribution in [3.05, 3.63) is 72.9 Å². The summed E-state index contributed by atoms with van der Waals surface area (Å²) in [7, 11) is 0. The molecule has 0 aromatic carbocycles. The number of carbonyl (C=O) groups excluding carboxylic acids is 2. The van der Waals surface area contributed by atoms with Crippen LogP contribution in [0.25, 0.3) is 0 Å². The highest BCUT2D eigenvalue weighted by atomic mass is 16.6. The van der Waals surface area contributed by atoms with Gasteiger partial charge in [0.05, 0.1) is 6.61 Å². The number of aliphatic hydroxyl groups is 1. The predicted molar refractivity (Wildman–Crippen MR) is 196 cm³/mol. The molecule has 0 heterocycles. The molecule has 0 aliphatic heterocycles. The second-order valence-electron chi connectivity index (χ2n) is 11.9. The zero-order valence-corrected chi connectivity index (χ0v) is 29.6. The van der Waals surface area contributed by atoms with Crippen LogP contribution in [0, 0.1) is 0 Å². The van der Waals surface area contributed by atoms with E-state index in [2.05, 4.69) is 86.8 Å². The largest absolute Gasteiger partial charge is 0.462 e. The molecule has 0 aromatic heterocycles. The average Bonchev–Trinajstić information content (AvgIpc) is 3.06. The van der Waals surface area contributed by atoms with Gasteiger partial charge in [-0.05, 0) is 83.5 Å². The maximum absolute atomic E-state index is 12.1. The molecule has 1 N–H and O–H groups in total. The molecular formula is C41H68O5. The smallest absolute Gasteiger partial charge is 0.306 e. The quantitative estimate of drug-likeness (QED) is 0.0450. The van der Waals surface area contributed by atoms with Crippen LogP contribution < -0.4 is 0 Å². The minimum absolute atomic E-state index is 0.0987. The summed E-state index contributed by atoms with van der Waals surface area (Å²) in [6, 6.07) is 0. The van der Waals surface area contributed by atoms with Crippen molar-refractivity contribution < 1.29 is 24.2 Å². The van der Waals surface area contributed by atoms with E-state index in [0.717, 1.165) is 64.2 Å². The monoisotopic (exact) mass is 641 g/mol. The first-order chi connectivity index (χ1) is 22.6. The molecule has 0 saturated heterocycles. The van der Waals surface area contributed by atoms with Gasteiger partial charge in [-0.15, -0.1) is 0 Å². The maximum atomic E-state index is 12.1. The second-order valence-corrected chi connectivity index (χ2v) is 11.9. The third-order valence-electron chi connectivity index (χ3n) is 7.47. The Bertz CT molecular complexity index is 864. The van der Waals surface area contributed by atoms with E-state index in [1.807, 2.05) is 0 Å². The Morgan fingerprint density at radius 2 is 0.891 bits per heavy atom. The molecule has 0 aliphatic carbocycles. The van der Waals surface area contributed by atoms with Crippen molar-refractivity contribution in [1.82, 2.24) is 0 Å². The Kier molecular flexibility index (Phi) is 34.7. The van der Waals surface area contributed by atoms with Crippen molar-refractivity contribution in [2.45, 2.75) is 161 Å². The van der Waals surface area contributed by atoms with Crippen LogP contribution in [-0.4, -0.2) is 36.4 Å². The Balaban J connectivity index is 3.73. The van der Waals surface area contributed by atoms with E-state index in [0.29, 0.717) is 12.8 Å². The van der Waals surface area contributed by atoms with E-state index in [4.69, 9.17) is 9.47 Å². The van der Waals surface area contributed by atoms with Crippen molar-refractivity contribution >= 4 is 11.9 Å². The summed E-state index contributed by atoms with van der Waals surface area (Å²) in [6.07, 6.45) is 48.1. The fourth-order valence-corrected chi connectivity index (χ4v) is 4.63. The lowest BCUT2D eigenvalue weighted by Gasteiger charge is -2.15. The van der Waals surface area contributed by atoms with Gasteiger partial charge in [-0.1, -0.05) is 132 Å². The molecule has 262 valence electrons. The Labute approximate surface area is 283 Å².